The molecule has 3 nitrogen and oxygen atoms in total. The van der Waals surface area contributed by atoms with E-state index in [-0.39, 0.29) is 19.8 Å². The smallest absolute Gasteiger partial charge is 0.391 e. The summed E-state index contributed by atoms with van der Waals surface area (Å²) in [4.78, 5) is 0. The van der Waals surface area contributed by atoms with E-state index in [0.717, 1.165) is 5.56 Å². The van der Waals surface area contributed by atoms with Gasteiger partial charge in [0.2, 0.25) is 0 Å². The molecule has 0 aromatic heterocycles. The van der Waals surface area contributed by atoms with E-state index in [1.54, 1.807) is 18.2 Å². The summed E-state index contributed by atoms with van der Waals surface area (Å²) in [5.74, 6) is 6.13. The SMILES string of the molecule is COc1ccc(COCCC(F)(F)F)cc1C#CCN. The molecule has 110 valence electrons. The maximum atomic E-state index is 12.0. The quantitative estimate of drug-likeness (QED) is 0.668. The van der Waals surface area contributed by atoms with Gasteiger partial charge in [-0.15, -0.1) is 0 Å². The van der Waals surface area contributed by atoms with Gasteiger partial charge in [0.25, 0.3) is 0 Å². The molecule has 6 heteroatoms. The second kappa shape index (κ2) is 7.78. The van der Waals surface area contributed by atoms with Gasteiger partial charge in [-0.2, -0.15) is 13.2 Å². The Morgan fingerprint density at radius 2 is 2.05 bits per heavy atom. The molecule has 2 N–H and O–H groups in total. The van der Waals surface area contributed by atoms with Gasteiger partial charge in [0, 0.05) is 0 Å². The van der Waals surface area contributed by atoms with Crippen LogP contribution in [-0.2, 0) is 11.3 Å². The predicted octanol–water partition coefficient (Wildman–Crippen LogP) is 2.47. The first-order valence-electron chi connectivity index (χ1n) is 5.96. The maximum absolute atomic E-state index is 12.0. The van der Waals surface area contributed by atoms with Crippen molar-refractivity contribution in [2.45, 2.75) is 19.2 Å². The normalized spacial score (nSPS) is 10.8. The summed E-state index contributed by atoms with van der Waals surface area (Å²) in [5, 5.41) is 0. The van der Waals surface area contributed by atoms with E-state index in [4.69, 9.17) is 15.2 Å². The third-order valence-corrected chi connectivity index (χ3v) is 2.39. The van der Waals surface area contributed by atoms with Crippen LogP contribution in [0.5, 0.6) is 5.75 Å². The first-order valence-corrected chi connectivity index (χ1v) is 5.96. The largest absolute Gasteiger partial charge is 0.495 e. The van der Waals surface area contributed by atoms with Crippen LogP contribution in [-0.4, -0.2) is 26.4 Å². The molecule has 0 saturated heterocycles. The molecule has 0 unspecified atom stereocenters. The molecule has 1 rings (SSSR count). The summed E-state index contributed by atoms with van der Waals surface area (Å²) in [6.07, 6.45) is -5.15. The van der Waals surface area contributed by atoms with Gasteiger partial charge in [-0.1, -0.05) is 17.9 Å². The van der Waals surface area contributed by atoms with Crippen molar-refractivity contribution in [1.29, 1.82) is 0 Å². The lowest BCUT2D eigenvalue weighted by molar-refractivity contribution is -0.146. The fourth-order valence-corrected chi connectivity index (χ4v) is 1.47. The minimum Gasteiger partial charge on any atom is -0.495 e. The van der Waals surface area contributed by atoms with E-state index >= 15 is 0 Å². The molecular weight excluding hydrogens is 271 g/mol. The Labute approximate surface area is 115 Å². The molecule has 0 bridgehead atoms. The number of ether oxygens (including phenoxy) is 2. The third-order valence-electron chi connectivity index (χ3n) is 2.39. The van der Waals surface area contributed by atoms with Gasteiger partial charge in [0.1, 0.15) is 5.75 Å². The average molecular weight is 287 g/mol. The van der Waals surface area contributed by atoms with E-state index < -0.39 is 12.6 Å². The fraction of sp³-hybridized carbons (Fsp3) is 0.429. The van der Waals surface area contributed by atoms with Crippen LogP contribution in [0.4, 0.5) is 13.2 Å². The molecule has 1 aromatic carbocycles. The number of hydrogen-bond acceptors (Lipinski definition) is 3. The average Bonchev–Trinajstić information content (AvgIpc) is 2.40. The summed E-state index contributed by atoms with van der Waals surface area (Å²) >= 11 is 0. The zero-order valence-electron chi connectivity index (χ0n) is 11.1. The van der Waals surface area contributed by atoms with Crippen molar-refractivity contribution in [3.05, 3.63) is 29.3 Å². The van der Waals surface area contributed by atoms with E-state index in [1.165, 1.54) is 7.11 Å². The second-order valence-electron chi connectivity index (χ2n) is 3.96. The Morgan fingerprint density at radius 3 is 2.65 bits per heavy atom. The molecule has 0 aliphatic carbocycles. The van der Waals surface area contributed by atoms with Crippen molar-refractivity contribution < 1.29 is 22.6 Å². The standard InChI is InChI=1S/C14H16F3NO2/c1-19-13-5-4-11(9-12(13)3-2-7-18)10-20-8-6-14(15,16)17/h4-5,9H,6-8,10,18H2,1H3. The minimum atomic E-state index is -4.20. The predicted molar refractivity (Wildman–Crippen MR) is 69.3 cm³/mol. The van der Waals surface area contributed by atoms with Crippen LogP contribution in [0.15, 0.2) is 18.2 Å². The first-order chi connectivity index (χ1) is 9.46. The van der Waals surface area contributed by atoms with Gasteiger partial charge < -0.3 is 15.2 Å². The fourth-order valence-electron chi connectivity index (χ4n) is 1.47. The van der Waals surface area contributed by atoms with Crippen LogP contribution < -0.4 is 10.5 Å². The number of benzene rings is 1. The molecule has 0 radical (unpaired) electrons. The van der Waals surface area contributed by atoms with Gasteiger partial charge >= 0.3 is 6.18 Å². The highest BCUT2D eigenvalue weighted by atomic mass is 19.4. The zero-order chi connectivity index (χ0) is 15.0. The number of nitrogens with two attached hydrogens (primary N) is 1. The maximum Gasteiger partial charge on any atom is 0.391 e. The molecule has 0 atom stereocenters. The lowest BCUT2D eigenvalue weighted by Crippen LogP contribution is -2.11. The monoisotopic (exact) mass is 287 g/mol. The molecule has 0 amide bonds. The van der Waals surface area contributed by atoms with Crippen molar-refractivity contribution in [3.63, 3.8) is 0 Å². The van der Waals surface area contributed by atoms with Gasteiger partial charge in [-0.05, 0) is 17.7 Å². The Morgan fingerprint density at radius 1 is 1.30 bits per heavy atom. The van der Waals surface area contributed by atoms with E-state index in [1.807, 2.05) is 0 Å². The Balaban J connectivity index is 2.63. The molecule has 0 fully saturated rings. The topological polar surface area (TPSA) is 44.5 Å². The highest BCUT2D eigenvalue weighted by Crippen LogP contribution is 2.21. The Bertz CT molecular complexity index is 489. The van der Waals surface area contributed by atoms with E-state index in [2.05, 4.69) is 11.8 Å². The summed E-state index contributed by atoms with van der Waals surface area (Å²) in [6.45, 7) is -0.0494. The summed E-state index contributed by atoms with van der Waals surface area (Å²) in [7, 11) is 1.52. The highest BCUT2D eigenvalue weighted by Gasteiger charge is 2.26. The molecule has 20 heavy (non-hydrogen) atoms. The van der Waals surface area contributed by atoms with E-state index in [9.17, 15) is 13.2 Å². The van der Waals surface area contributed by atoms with Gasteiger partial charge in [-0.25, -0.2) is 0 Å². The highest BCUT2D eigenvalue weighted by molar-refractivity contribution is 5.48. The summed E-state index contributed by atoms with van der Waals surface area (Å²) in [5.41, 5.74) is 6.66. The van der Waals surface area contributed by atoms with Gasteiger partial charge in [0.05, 0.1) is 38.9 Å². The summed E-state index contributed by atoms with van der Waals surface area (Å²) in [6, 6.07) is 5.14. The van der Waals surface area contributed by atoms with Crippen molar-refractivity contribution in [1.82, 2.24) is 0 Å². The van der Waals surface area contributed by atoms with E-state index in [0.29, 0.717) is 11.3 Å². The van der Waals surface area contributed by atoms with Crippen LogP contribution in [0.1, 0.15) is 17.5 Å². The number of halogens is 3. The second-order valence-corrected chi connectivity index (χ2v) is 3.96. The molecule has 0 aliphatic rings. The lowest BCUT2D eigenvalue weighted by atomic mass is 10.1. The minimum absolute atomic E-state index is 0.0946. The summed E-state index contributed by atoms with van der Waals surface area (Å²) < 4.78 is 46.0. The van der Waals surface area contributed by atoms with Gasteiger partial charge in [-0.3, -0.25) is 0 Å². The lowest BCUT2D eigenvalue weighted by Gasteiger charge is -2.09. The van der Waals surface area contributed by atoms with Crippen LogP contribution in [0.3, 0.4) is 0 Å². The van der Waals surface area contributed by atoms with Crippen LogP contribution >= 0.6 is 0 Å². The Kier molecular flexibility index (Phi) is 6.36. The molecule has 0 heterocycles. The zero-order valence-corrected chi connectivity index (χ0v) is 11.1. The Hall–Kier alpha value is -1.71. The van der Waals surface area contributed by atoms with Crippen molar-refractivity contribution in [3.8, 4) is 17.6 Å². The number of rotatable bonds is 5. The van der Waals surface area contributed by atoms with Gasteiger partial charge in [0.15, 0.2) is 0 Å². The van der Waals surface area contributed by atoms with Crippen molar-refractivity contribution in [2.24, 2.45) is 5.73 Å². The number of alkyl halides is 3. The van der Waals surface area contributed by atoms with Crippen LogP contribution in [0, 0.1) is 11.8 Å². The molecule has 0 aliphatic heterocycles. The molecular formula is C14H16F3NO2. The number of methoxy groups -OCH3 is 1. The van der Waals surface area contributed by atoms with Crippen molar-refractivity contribution in [2.75, 3.05) is 20.3 Å². The molecule has 1 aromatic rings. The number of hydrogen-bond donors (Lipinski definition) is 1. The van der Waals surface area contributed by atoms with Crippen molar-refractivity contribution >= 4 is 0 Å². The first kappa shape index (κ1) is 16.3. The van der Waals surface area contributed by atoms with Crippen LogP contribution in [0.2, 0.25) is 0 Å². The molecule has 0 spiro atoms. The molecule has 0 saturated carbocycles. The van der Waals surface area contributed by atoms with Crippen LogP contribution in [0.25, 0.3) is 0 Å². The third kappa shape index (κ3) is 5.95.